The Morgan fingerprint density at radius 3 is 1.85 bits per heavy atom. The molecule has 0 radical (unpaired) electrons. The van der Waals surface area contributed by atoms with E-state index in [0.717, 1.165) is 17.6 Å². The van der Waals surface area contributed by atoms with Crippen molar-refractivity contribution in [2.24, 2.45) is 0 Å². The van der Waals surface area contributed by atoms with Gasteiger partial charge in [0.2, 0.25) is 0 Å². The van der Waals surface area contributed by atoms with Crippen molar-refractivity contribution < 1.29 is 0 Å². The first-order valence-electron chi connectivity index (χ1n) is 6.88. The molecular weight excluding hydrogens is 240 g/mol. The lowest BCUT2D eigenvalue weighted by Gasteiger charge is -2.06. The molecular formula is C20H20. The lowest BCUT2D eigenvalue weighted by Crippen LogP contribution is -1.85. The van der Waals surface area contributed by atoms with Gasteiger partial charge in [-0.15, -0.1) is 5.73 Å². The summed E-state index contributed by atoms with van der Waals surface area (Å²) in [4.78, 5) is 0. The van der Waals surface area contributed by atoms with Gasteiger partial charge in [0.15, 0.2) is 0 Å². The van der Waals surface area contributed by atoms with Gasteiger partial charge in [-0.25, -0.2) is 0 Å². The van der Waals surface area contributed by atoms with Gasteiger partial charge in [-0.05, 0) is 30.5 Å². The van der Waals surface area contributed by atoms with Crippen molar-refractivity contribution in [2.45, 2.75) is 20.3 Å². The third-order valence-electron chi connectivity index (χ3n) is 3.15. The molecule has 0 aromatic heterocycles. The Labute approximate surface area is 121 Å². The average Bonchev–Trinajstić information content (AvgIpc) is 2.48. The zero-order valence-electron chi connectivity index (χ0n) is 12.2. The second kappa shape index (κ2) is 6.75. The summed E-state index contributed by atoms with van der Waals surface area (Å²) < 4.78 is 0. The molecule has 2 rings (SSSR count). The first kappa shape index (κ1) is 14.1. The van der Waals surface area contributed by atoms with Gasteiger partial charge in [-0.1, -0.05) is 72.8 Å². The normalized spacial score (nSPS) is 9.70. The molecule has 0 aliphatic carbocycles. The SMILES string of the molecule is C=C(C)CC(=C=C(C)c1ccccc1)c1ccccc1. The van der Waals surface area contributed by atoms with Crippen LogP contribution in [-0.2, 0) is 0 Å². The standard InChI is InChI=1S/C20H20/c1-16(2)14-20(19-12-8-5-9-13-19)15-17(3)18-10-6-4-7-11-18/h4-13H,1,14H2,2-3H3. The summed E-state index contributed by atoms with van der Waals surface area (Å²) >= 11 is 0. The fourth-order valence-corrected chi connectivity index (χ4v) is 2.15. The zero-order valence-corrected chi connectivity index (χ0v) is 12.2. The minimum Gasteiger partial charge on any atom is -0.113 e. The van der Waals surface area contributed by atoms with E-state index in [9.17, 15) is 0 Å². The quantitative estimate of drug-likeness (QED) is 0.486. The summed E-state index contributed by atoms with van der Waals surface area (Å²) in [5.74, 6) is 0. The minimum absolute atomic E-state index is 0.855. The van der Waals surface area contributed by atoms with Crippen LogP contribution in [0.2, 0.25) is 0 Å². The van der Waals surface area contributed by atoms with Crippen LogP contribution >= 0.6 is 0 Å². The Morgan fingerprint density at radius 2 is 1.35 bits per heavy atom. The summed E-state index contributed by atoms with van der Waals surface area (Å²) in [6.07, 6.45) is 0.855. The van der Waals surface area contributed by atoms with Gasteiger partial charge in [0.25, 0.3) is 0 Å². The molecule has 0 unspecified atom stereocenters. The van der Waals surface area contributed by atoms with E-state index in [-0.39, 0.29) is 0 Å². The third kappa shape index (κ3) is 3.85. The molecule has 2 aromatic carbocycles. The highest BCUT2D eigenvalue weighted by Crippen LogP contribution is 2.23. The van der Waals surface area contributed by atoms with Crippen molar-refractivity contribution in [3.63, 3.8) is 0 Å². The lowest BCUT2D eigenvalue weighted by atomic mass is 9.98. The topological polar surface area (TPSA) is 0 Å². The van der Waals surface area contributed by atoms with E-state index in [2.05, 4.69) is 74.7 Å². The lowest BCUT2D eigenvalue weighted by molar-refractivity contribution is 1.24. The molecule has 0 aliphatic rings. The van der Waals surface area contributed by atoms with Crippen molar-refractivity contribution in [2.75, 3.05) is 0 Å². The monoisotopic (exact) mass is 260 g/mol. The molecule has 0 heteroatoms. The van der Waals surface area contributed by atoms with E-state index in [1.165, 1.54) is 16.7 Å². The largest absolute Gasteiger partial charge is 0.113 e. The summed E-state index contributed by atoms with van der Waals surface area (Å²) in [6.45, 7) is 8.20. The summed E-state index contributed by atoms with van der Waals surface area (Å²) in [7, 11) is 0. The van der Waals surface area contributed by atoms with Gasteiger partial charge in [0.1, 0.15) is 0 Å². The number of rotatable bonds is 4. The van der Waals surface area contributed by atoms with Gasteiger partial charge >= 0.3 is 0 Å². The molecule has 0 aliphatic heterocycles. The predicted molar refractivity (Wildman–Crippen MR) is 88.3 cm³/mol. The van der Waals surface area contributed by atoms with Crippen LogP contribution < -0.4 is 0 Å². The number of hydrogen-bond acceptors (Lipinski definition) is 0. The molecule has 0 bridgehead atoms. The Kier molecular flexibility index (Phi) is 4.76. The Bertz CT molecular complexity index is 639. The Morgan fingerprint density at radius 1 is 0.850 bits per heavy atom. The average molecular weight is 260 g/mol. The van der Waals surface area contributed by atoms with Crippen molar-refractivity contribution >= 4 is 11.1 Å². The van der Waals surface area contributed by atoms with Crippen molar-refractivity contribution in [1.82, 2.24) is 0 Å². The molecule has 20 heavy (non-hydrogen) atoms. The predicted octanol–water partition coefficient (Wildman–Crippen LogP) is 5.74. The molecule has 0 heterocycles. The van der Waals surface area contributed by atoms with Crippen LogP contribution in [0.3, 0.4) is 0 Å². The third-order valence-corrected chi connectivity index (χ3v) is 3.15. The zero-order chi connectivity index (χ0) is 14.4. The molecule has 0 amide bonds. The fourth-order valence-electron chi connectivity index (χ4n) is 2.15. The maximum atomic E-state index is 4.03. The van der Waals surface area contributed by atoms with Crippen molar-refractivity contribution in [3.05, 3.63) is 89.7 Å². The summed E-state index contributed by atoms with van der Waals surface area (Å²) in [5, 5.41) is 0. The van der Waals surface area contributed by atoms with Crippen LogP contribution in [0.5, 0.6) is 0 Å². The van der Waals surface area contributed by atoms with E-state index in [1.807, 2.05) is 12.1 Å². The molecule has 2 aromatic rings. The second-order valence-electron chi connectivity index (χ2n) is 5.09. The van der Waals surface area contributed by atoms with Crippen LogP contribution in [0.15, 0.2) is 78.5 Å². The Balaban J connectivity index is 2.51. The highest BCUT2D eigenvalue weighted by atomic mass is 14.1. The van der Waals surface area contributed by atoms with Crippen LogP contribution in [-0.4, -0.2) is 0 Å². The first-order chi connectivity index (χ1) is 9.66. The van der Waals surface area contributed by atoms with Crippen LogP contribution in [0.4, 0.5) is 0 Å². The molecule has 0 fully saturated rings. The maximum absolute atomic E-state index is 4.03. The maximum Gasteiger partial charge on any atom is 0.00553 e. The van der Waals surface area contributed by atoms with Crippen LogP contribution in [0.1, 0.15) is 31.4 Å². The van der Waals surface area contributed by atoms with Crippen molar-refractivity contribution in [1.29, 1.82) is 0 Å². The van der Waals surface area contributed by atoms with Gasteiger partial charge in [0.05, 0.1) is 0 Å². The van der Waals surface area contributed by atoms with Gasteiger partial charge in [0, 0.05) is 12.0 Å². The van der Waals surface area contributed by atoms with E-state index in [4.69, 9.17) is 0 Å². The molecule has 0 spiro atoms. The van der Waals surface area contributed by atoms with Gasteiger partial charge in [-0.3, -0.25) is 0 Å². The van der Waals surface area contributed by atoms with E-state index in [0.29, 0.717) is 0 Å². The van der Waals surface area contributed by atoms with E-state index < -0.39 is 0 Å². The van der Waals surface area contributed by atoms with Crippen LogP contribution in [0, 0.1) is 0 Å². The van der Waals surface area contributed by atoms with Crippen molar-refractivity contribution in [3.8, 4) is 0 Å². The summed E-state index contributed by atoms with van der Waals surface area (Å²) in [6, 6.07) is 20.8. The van der Waals surface area contributed by atoms with E-state index in [1.54, 1.807) is 0 Å². The summed E-state index contributed by atoms with van der Waals surface area (Å²) in [5.41, 5.74) is 9.48. The molecule has 0 saturated carbocycles. The molecule has 0 N–H and O–H groups in total. The number of allylic oxidation sites excluding steroid dienone is 2. The molecule has 0 atom stereocenters. The second-order valence-corrected chi connectivity index (χ2v) is 5.09. The van der Waals surface area contributed by atoms with E-state index >= 15 is 0 Å². The van der Waals surface area contributed by atoms with Gasteiger partial charge < -0.3 is 0 Å². The molecule has 0 saturated heterocycles. The minimum atomic E-state index is 0.855. The van der Waals surface area contributed by atoms with Gasteiger partial charge in [-0.2, -0.15) is 0 Å². The molecule has 100 valence electrons. The smallest absolute Gasteiger partial charge is 0.00553 e. The number of hydrogen-bond donors (Lipinski definition) is 0. The van der Waals surface area contributed by atoms with Crippen LogP contribution in [0.25, 0.3) is 11.1 Å². The highest BCUT2D eigenvalue weighted by Gasteiger charge is 2.02. The first-order valence-corrected chi connectivity index (χ1v) is 6.88. The number of benzene rings is 2. The Hall–Kier alpha value is -2.30. The highest BCUT2D eigenvalue weighted by molar-refractivity contribution is 5.75. The molecule has 0 nitrogen and oxygen atoms in total. The fraction of sp³-hybridized carbons (Fsp3) is 0.150.